The van der Waals surface area contributed by atoms with Gasteiger partial charge < -0.3 is 4.74 Å². The predicted molar refractivity (Wildman–Crippen MR) is 56.1 cm³/mol. The van der Waals surface area contributed by atoms with Crippen LogP contribution in [0.3, 0.4) is 0 Å². The second-order valence-corrected chi connectivity index (χ2v) is 3.58. The zero-order valence-corrected chi connectivity index (χ0v) is 9.34. The Bertz CT molecular complexity index is 199. The highest BCUT2D eigenvalue weighted by molar-refractivity contribution is 14.1. The van der Waals surface area contributed by atoms with Gasteiger partial charge in [0.2, 0.25) is 0 Å². The smallest absolute Gasteiger partial charge is 0.338 e. The topological polar surface area (TPSA) is 26.3 Å². The van der Waals surface area contributed by atoms with Gasteiger partial charge >= 0.3 is 5.97 Å². The maximum atomic E-state index is 10.8. The average Bonchev–Trinajstić information content (AvgIpc) is 2.04. The molecule has 0 N–H and O–H groups in total. The highest BCUT2D eigenvalue weighted by atomic mass is 127. The van der Waals surface area contributed by atoms with Crippen molar-refractivity contribution in [2.45, 2.75) is 38.7 Å². The summed E-state index contributed by atoms with van der Waals surface area (Å²) in [5.41, 5.74) is 0.853. The molecular weight excluding hydrogens is 267 g/mol. The van der Waals surface area contributed by atoms with Crippen molar-refractivity contribution in [2.75, 3.05) is 0 Å². The van der Waals surface area contributed by atoms with Crippen LogP contribution in [0.1, 0.15) is 32.6 Å². The van der Waals surface area contributed by atoms with E-state index in [-0.39, 0.29) is 12.1 Å². The van der Waals surface area contributed by atoms with Crippen LogP contribution in [0.4, 0.5) is 0 Å². The highest BCUT2D eigenvalue weighted by Crippen LogP contribution is 2.27. The van der Waals surface area contributed by atoms with Gasteiger partial charge in [-0.25, -0.2) is 4.79 Å². The molecule has 0 saturated carbocycles. The van der Waals surface area contributed by atoms with Gasteiger partial charge in [-0.3, -0.25) is 0 Å². The number of halogens is 1. The van der Waals surface area contributed by atoms with Crippen molar-refractivity contribution in [1.82, 2.24) is 0 Å². The number of esters is 1. The van der Waals surface area contributed by atoms with Crippen LogP contribution in [0.25, 0.3) is 0 Å². The summed E-state index contributed by atoms with van der Waals surface area (Å²) in [5.74, 6) is -0.133. The number of unbranched alkanes of at least 4 members (excludes halogenated alkanes) is 2. The highest BCUT2D eigenvalue weighted by Gasteiger charge is 2.34. The first kappa shape index (κ1) is 10.0. The van der Waals surface area contributed by atoms with Crippen molar-refractivity contribution in [3.8, 4) is 0 Å². The second-order valence-electron chi connectivity index (χ2n) is 2.95. The van der Waals surface area contributed by atoms with E-state index in [2.05, 4.69) is 29.5 Å². The number of rotatable bonds is 4. The molecule has 0 aromatic heterocycles. The third-order valence-corrected chi connectivity index (χ3v) is 2.69. The molecule has 0 aromatic carbocycles. The van der Waals surface area contributed by atoms with Crippen LogP contribution >= 0.6 is 22.6 Å². The lowest BCUT2D eigenvalue weighted by Crippen LogP contribution is -2.36. The number of ether oxygens (including phenoxy) is 1. The van der Waals surface area contributed by atoms with Crippen LogP contribution in [-0.4, -0.2) is 12.1 Å². The zero-order chi connectivity index (χ0) is 8.97. The second kappa shape index (κ2) is 4.84. The summed E-state index contributed by atoms with van der Waals surface area (Å²) in [4.78, 5) is 10.8. The van der Waals surface area contributed by atoms with Gasteiger partial charge in [-0.05, 0) is 16.9 Å². The Morgan fingerprint density at radius 3 is 2.83 bits per heavy atom. The lowest BCUT2D eigenvalue weighted by Gasteiger charge is -2.28. The fraction of sp³-hybridized carbons (Fsp3) is 0.667. The van der Waals surface area contributed by atoms with Gasteiger partial charge in [-0.2, -0.15) is 0 Å². The Labute approximate surface area is 86.5 Å². The molecule has 0 amide bonds. The molecule has 1 aliphatic heterocycles. The first-order chi connectivity index (χ1) is 5.79. The van der Waals surface area contributed by atoms with E-state index in [9.17, 15) is 4.79 Å². The molecule has 3 heteroatoms. The standard InChI is InChI=1S/C9H13IO2/c1-2-3-4-5-8-7(6-10)9(11)12-8/h6,8H,2-5H2,1H3/b7-6-. The van der Waals surface area contributed by atoms with Crippen LogP contribution in [0.5, 0.6) is 0 Å². The van der Waals surface area contributed by atoms with E-state index in [0.717, 1.165) is 18.4 Å². The molecule has 68 valence electrons. The van der Waals surface area contributed by atoms with Gasteiger partial charge in [0.1, 0.15) is 6.10 Å². The molecule has 1 aliphatic rings. The molecule has 1 saturated heterocycles. The van der Waals surface area contributed by atoms with Crippen molar-refractivity contribution in [3.63, 3.8) is 0 Å². The number of cyclic esters (lactones) is 1. The molecule has 2 nitrogen and oxygen atoms in total. The Morgan fingerprint density at radius 2 is 2.33 bits per heavy atom. The largest absolute Gasteiger partial charge is 0.454 e. The van der Waals surface area contributed by atoms with Gasteiger partial charge in [0.15, 0.2) is 0 Å². The number of carbonyl (C=O) groups is 1. The lowest BCUT2D eigenvalue weighted by atomic mass is 10.0. The van der Waals surface area contributed by atoms with Gasteiger partial charge in [-0.15, -0.1) is 0 Å². The number of hydrogen-bond donors (Lipinski definition) is 0. The van der Waals surface area contributed by atoms with E-state index < -0.39 is 0 Å². The molecule has 1 fully saturated rings. The summed E-state index contributed by atoms with van der Waals surface area (Å²) < 4.78 is 6.81. The summed E-state index contributed by atoms with van der Waals surface area (Å²) in [5, 5.41) is 0. The molecule has 1 heterocycles. The fourth-order valence-corrected chi connectivity index (χ4v) is 1.90. The molecule has 0 aromatic rings. The van der Waals surface area contributed by atoms with Crippen molar-refractivity contribution in [1.29, 1.82) is 0 Å². The van der Waals surface area contributed by atoms with Crippen LogP contribution in [-0.2, 0) is 9.53 Å². The van der Waals surface area contributed by atoms with Crippen molar-refractivity contribution in [3.05, 3.63) is 9.66 Å². The molecule has 0 bridgehead atoms. The summed E-state index contributed by atoms with van der Waals surface area (Å²) in [6.07, 6.45) is 4.68. The molecule has 0 radical (unpaired) electrons. The van der Waals surface area contributed by atoms with Crippen molar-refractivity contribution < 1.29 is 9.53 Å². The molecule has 0 aliphatic carbocycles. The fourth-order valence-electron chi connectivity index (χ4n) is 1.24. The maximum absolute atomic E-state index is 10.8. The minimum Gasteiger partial charge on any atom is -0.454 e. The van der Waals surface area contributed by atoms with Crippen LogP contribution < -0.4 is 0 Å². The first-order valence-electron chi connectivity index (χ1n) is 4.30. The van der Waals surface area contributed by atoms with Gasteiger partial charge in [-0.1, -0.05) is 42.4 Å². The van der Waals surface area contributed by atoms with E-state index >= 15 is 0 Å². The minimum absolute atomic E-state index is 0.0981. The minimum atomic E-state index is -0.133. The van der Waals surface area contributed by atoms with E-state index in [1.54, 1.807) is 0 Å². The molecule has 12 heavy (non-hydrogen) atoms. The Hall–Kier alpha value is -0.0600. The SMILES string of the molecule is CCCCCC1OC(=O)/C1=C\I. The van der Waals surface area contributed by atoms with E-state index in [1.165, 1.54) is 12.8 Å². The van der Waals surface area contributed by atoms with E-state index in [0.29, 0.717) is 0 Å². The summed E-state index contributed by atoms with van der Waals surface area (Å²) in [7, 11) is 0. The van der Waals surface area contributed by atoms with Crippen molar-refractivity contribution >= 4 is 28.6 Å². The molecule has 1 unspecified atom stereocenters. The third-order valence-electron chi connectivity index (χ3n) is 2.02. The summed E-state index contributed by atoms with van der Waals surface area (Å²) in [6, 6.07) is 0. The molecule has 1 rings (SSSR count). The van der Waals surface area contributed by atoms with E-state index in [4.69, 9.17) is 4.74 Å². The third kappa shape index (κ3) is 2.21. The quantitative estimate of drug-likeness (QED) is 0.342. The lowest BCUT2D eigenvalue weighted by molar-refractivity contribution is -0.156. The van der Waals surface area contributed by atoms with Crippen LogP contribution in [0.15, 0.2) is 9.66 Å². The Morgan fingerprint density at radius 1 is 1.58 bits per heavy atom. The average molecular weight is 280 g/mol. The summed E-state index contributed by atoms with van der Waals surface area (Å²) >= 11 is 2.09. The van der Waals surface area contributed by atoms with Crippen LogP contribution in [0.2, 0.25) is 0 Å². The first-order valence-corrected chi connectivity index (χ1v) is 5.55. The maximum Gasteiger partial charge on any atom is 0.338 e. The van der Waals surface area contributed by atoms with Gasteiger partial charge in [0.05, 0.1) is 5.57 Å². The van der Waals surface area contributed by atoms with Crippen LogP contribution in [0, 0.1) is 0 Å². The monoisotopic (exact) mass is 280 g/mol. The predicted octanol–water partition coefficient (Wildman–Crippen LogP) is 2.81. The number of carbonyl (C=O) groups excluding carboxylic acids is 1. The summed E-state index contributed by atoms with van der Waals surface area (Å²) in [6.45, 7) is 2.17. The molecular formula is C9H13IO2. The number of hydrogen-bond acceptors (Lipinski definition) is 2. The van der Waals surface area contributed by atoms with Crippen molar-refractivity contribution in [2.24, 2.45) is 0 Å². The van der Waals surface area contributed by atoms with Gasteiger partial charge in [0.25, 0.3) is 0 Å². The molecule has 0 spiro atoms. The van der Waals surface area contributed by atoms with E-state index in [1.807, 2.05) is 4.08 Å². The van der Waals surface area contributed by atoms with Gasteiger partial charge in [0, 0.05) is 0 Å². The normalized spacial score (nSPS) is 25.3. The Balaban J connectivity index is 2.23. The molecule has 1 atom stereocenters. The zero-order valence-electron chi connectivity index (χ0n) is 7.18. The Kier molecular flexibility index (Phi) is 4.05.